The van der Waals surface area contributed by atoms with Crippen LogP contribution >= 0.6 is 0 Å². The zero-order valence-electron chi connectivity index (χ0n) is 16.5. The molecule has 0 bridgehead atoms. The number of hydrogen-bond acceptors (Lipinski definition) is 3. The Kier molecular flexibility index (Phi) is 5.98. The summed E-state index contributed by atoms with van der Waals surface area (Å²) in [6, 6.07) is 17.1. The van der Waals surface area contributed by atoms with Gasteiger partial charge in [-0.3, -0.25) is 4.79 Å². The molecule has 2 aromatic carbocycles. The van der Waals surface area contributed by atoms with Crippen LogP contribution in [0.1, 0.15) is 25.7 Å². The number of urea groups is 1. The monoisotopic (exact) mass is 393 g/mol. The number of amides is 3. The van der Waals surface area contributed by atoms with E-state index < -0.39 is 0 Å². The van der Waals surface area contributed by atoms with Gasteiger partial charge in [0.05, 0.1) is 0 Å². The van der Waals surface area contributed by atoms with Gasteiger partial charge >= 0.3 is 6.03 Å². The Morgan fingerprint density at radius 1 is 0.828 bits per heavy atom. The number of likely N-dealkylation sites (tertiary alicyclic amines) is 2. The minimum Gasteiger partial charge on any atom is -0.457 e. The van der Waals surface area contributed by atoms with Gasteiger partial charge in [-0.25, -0.2) is 4.79 Å². The van der Waals surface area contributed by atoms with E-state index >= 15 is 0 Å². The second kappa shape index (κ2) is 8.99. The highest BCUT2D eigenvalue weighted by atomic mass is 16.5. The zero-order chi connectivity index (χ0) is 20.1. The maximum absolute atomic E-state index is 12.7. The number of carbonyl (C=O) groups is 2. The topological polar surface area (TPSA) is 61.9 Å². The van der Waals surface area contributed by atoms with Crippen LogP contribution in [-0.4, -0.2) is 47.9 Å². The molecule has 6 nitrogen and oxygen atoms in total. The van der Waals surface area contributed by atoms with Crippen LogP contribution in [0.4, 0.5) is 10.5 Å². The van der Waals surface area contributed by atoms with Crippen LogP contribution < -0.4 is 10.1 Å². The number of carbonyl (C=O) groups excluding carboxylic acids is 2. The highest BCUT2D eigenvalue weighted by Crippen LogP contribution is 2.26. The molecule has 2 aliphatic heterocycles. The summed E-state index contributed by atoms with van der Waals surface area (Å²) in [6.07, 6.45) is 3.59. The molecule has 1 N–H and O–H groups in total. The summed E-state index contributed by atoms with van der Waals surface area (Å²) in [6.45, 7) is 3.01. The lowest BCUT2D eigenvalue weighted by Gasteiger charge is -2.34. The van der Waals surface area contributed by atoms with E-state index in [0.29, 0.717) is 31.7 Å². The van der Waals surface area contributed by atoms with E-state index in [0.717, 1.165) is 37.4 Å². The standard InChI is InChI=1S/C23H27N3O3/c27-22(18-11-15-26(16-12-18)23(28)25-13-4-5-14-25)24-19-7-6-10-21(17-19)29-20-8-2-1-3-9-20/h1-3,6-10,17-18H,4-5,11-16H2,(H,24,27). The number of ether oxygens (including phenoxy) is 1. The quantitative estimate of drug-likeness (QED) is 0.840. The minimum absolute atomic E-state index is 0.00938. The number of para-hydroxylation sites is 1. The molecule has 0 aliphatic carbocycles. The first-order valence-electron chi connectivity index (χ1n) is 10.4. The number of nitrogens with one attached hydrogen (secondary N) is 1. The van der Waals surface area contributed by atoms with E-state index in [1.807, 2.05) is 64.4 Å². The molecule has 4 rings (SSSR count). The van der Waals surface area contributed by atoms with E-state index in [9.17, 15) is 9.59 Å². The zero-order valence-corrected chi connectivity index (χ0v) is 16.5. The van der Waals surface area contributed by atoms with Crippen molar-refractivity contribution in [3.63, 3.8) is 0 Å². The van der Waals surface area contributed by atoms with Crippen molar-refractivity contribution in [3.8, 4) is 11.5 Å². The summed E-state index contributed by atoms with van der Waals surface area (Å²) in [4.78, 5) is 29.0. The predicted octanol–water partition coefficient (Wildman–Crippen LogP) is 4.35. The smallest absolute Gasteiger partial charge is 0.319 e. The molecule has 0 atom stereocenters. The van der Waals surface area contributed by atoms with Gasteiger partial charge in [0.25, 0.3) is 0 Å². The fourth-order valence-electron chi connectivity index (χ4n) is 3.95. The van der Waals surface area contributed by atoms with Crippen LogP contribution in [-0.2, 0) is 4.79 Å². The Labute approximate surface area is 171 Å². The second-order valence-corrected chi connectivity index (χ2v) is 7.67. The van der Waals surface area contributed by atoms with Crippen molar-refractivity contribution in [2.45, 2.75) is 25.7 Å². The summed E-state index contributed by atoms with van der Waals surface area (Å²) in [7, 11) is 0. The third kappa shape index (κ3) is 4.88. The molecule has 2 fully saturated rings. The average Bonchev–Trinajstić information content (AvgIpc) is 3.29. The first-order chi connectivity index (χ1) is 14.2. The maximum atomic E-state index is 12.7. The molecular formula is C23H27N3O3. The van der Waals surface area contributed by atoms with E-state index in [2.05, 4.69) is 5.32 Å². The van der Waals surface area contributed by atoms with Gasteiger partial charge in [-0.05, 0) is 49.9 Å². The van der Waals surface area contributed by atoms with Crippen LogP contribution in [0.15, 0.2) is 54.6 Å². The lowest BCUT2D eigenvalue weighted by Crippen LogP contribution is -2.47. The Morgan fingerprint density at radius 3 is 2.21 bits per heavy atom. The molecule has 0 spiro atoms. The lowest BCUT2D eigenvalue weighted by molar-refractivity contribution is -0.121. The Morgan fingerprint density at radius 2 is 1.48 bits per heavy atom. The third-order valence-corrected chi connectivity index (χ3v) is 5.59. The molecule has 0 saturated carbocycles. The van der Waals surface area contributed by atoms with Crippen molar-refractivity contribution in [3.05, 3.63) is 54.6 Å². The summed E-state index contributed by atoms with van der Waals surface area (Å²) in [5, 5.41) is 3.00. The van der Waals surface area contributed by atoms with E-state index in [-0.39, 0.29) is 17.9 Å². The minimum atomic E-state index is -0.0728. The average molecular weight is 393 g/mol. The summed E-state index contributed by atoms with van der Waals surface area (Å²) in [5.41, 5.74) is 0.721. The summed E-state index contributed by atoms with van der Waals surface area (Å²) < 4.78 is 5.84. The maximum Gasteiger partial charge on any atom is 0.319 e. The number of hydrogen-bond donors (Lipinski definition) is 1. The Balaban J connectivity index is 1.29. The highest BCUT2D eigenvalue weighted by Gasteiger charge is 2.30. The molecule has 0 unspecified atom stereocenters. The Hall–Kier alpha value is -3.02. The van der Waals surface area contributed by atoms with Crippen molar-refractivity contribution in [2.24, 2.45) is 5.92 Å². The van der Waals surface area contributed by atoms with E-state index in [1.165, 1.54) is 0 Å². The van der Waals surface area contributed by atoms with Gasteiger partial charge in [-0.1, -0.05) is 24.3 Å². The largest absolute Gasteiger partial charge is 0.457 e. The second-order valence-electron chi connectivity index (χ2n) is 7.67. The van der Waals surface area contributed by atoms with Gasteiger partial charge in [0, 0.05) is 43.9 Å². The number of piperidine rings is 1. The van der Waals surface area contributed by atoms with Crippen molar-refractivity contribution >= 4 is 17.6 Å². The third-order valence-electron chi connectivity index (χ3n) is 5.59. The van der Waals surface area contributed by atoms with Crippen molar-refractivity contribution in [1.29, 1.82) is 0 Å². The van der Waals surface area contributed by atoms with Gasteiger partial charge in [0.2, 0.25) is 5.91 Å². The first kappa shape index (κ1) is 19.3. The molecule has 2 saturated heterocycles. The molecule has 0 aromatic heterocycles. The van der Waals surface area contributed by atoms with Crippen molar-refractivity contribution in [1.82, 2.24) is 9.80 Å². The first-order valence-corrected chi connectivity index (χ1v) is 10.4. The van der Waals surface area contributed by atoms with Crippen molar-refractivity contribution in [2.75, 3.05) is 31.5 Å². The fraction of sp³-hybridized carbons (Fsp3) is 0.391. The molecule has 2 aromatic rings. The highest BCUT2D eigenvalue weighted by molar-refractivity contribution is 5.93. The number of nitrogens with zero attached hydrogens (tertiary/aromatic N) is 2. The normalized spacial score (nSPS) is 17.2. The molecule has 3 amide bonds. The lowest BCUT2D eigenvalue weighted by atomic mass is 9.96. The molecule has 6 heteroatoms. The SMILES string of the molecule is O=C(Nc1cccc(Oc2ccccc2)c1)C1CCN(C(=O)N2CCCC2)CC1. The molecule has 2 aliphatic rings. The summed E-state index contributed by atoms with van der Waals surface area (Å²) in [5.74, 6) is 1.37. The van der Waals surface area contributed by atoms with Gasteiger partial charge in [0.15, 0.2) is 0 Å². The molecule has 29 heavy (non-hydrogen) atoms. The van der Waals surface area contributed by atoms with Crippen LogP contribution in [0.2, 0.25) is 0 Å². The van der Waals surface area contributed by atoms with E-state index in [1.54, 1.807) is 0 Å². The Bertz CT molecular complexity index is 841. The van der Waals surface area contributed by atoms with Crippen LogP contribution in [0.5, 0.6) is 11.5 Å². The number of rotatable bonds is 4. The van der Waals surface area contributed by atoms with Crippen LogP contribution in [0.25, 0.3) is 0 Å². The van der Waals surface area contributed by atoms with Crippen molar-refractivity contribution < 1.29 is 14.3 Å². The van der Waals surface area contributed by atoms with Gasteiger partial charge in [-0.15, -0.1) is 0 Å². The van der Waals surface area contributed by atoms with E-state index in [4.69, 9.17) is 4.74 Å². The molecule has 0 radical (unpaired) electrons. The summed E-state index contributed by atoms with van der Waals surface area (Å²) >= 11 is 0. The predicted molar refractivity (Wildman–Crippen MR) is 112 cm³/mol. The van der Waals surface area contributed by atoms with Gasteiger partial charge in [-0.2, -0.15) is 0 Å². The number of anilines is 1. The van der Waals surface area contributed by atoms with Crippen LogP contribution in [0, 0.1) is 5.92 Å². The van der Waals surface area contributed by atoms with Gasteiger partial charge < -0.3 is 19.9 Å². The fourth-order valence-corrected chi connectivity index (χ4v) is 3.95. The van der Waals surface area contributed by atoms with Crippen LogP contribution in [0.3, 0.4) is 0 Å². The number of benzene rings is 2. The molecular weight excluding hydrogens is 366 g/mol. The molecule has 152 valence electrons. The molecule has 2 heterocycles. The van der Waals surface area contributed by atoms with Gasteiger partial charge in [0.1, 0.15) is 11.5 Å².